The maximum absolute atomic E-state index is 12.2. The van der Waals surface area contributed by atoms with Gasteiger partial charge in [-0.2, -0.15) is 15.4 Å². The zero-order valence-electron chi connectivity index (χ0n) is 11.2. The molecule has 0 spiro atoms. The van der Waals surface area contributed by atoms with Crippen molar-refractivity contribution in [1.82, 2.24) is 20.7 Å². The molecule has 4 N–H and O–H groups in total. The molecular weight excluding hydrogens is 276 g/mol. The maximum Gasteiger partial charge on any atom is 0.251 e. The molecule has 8 heteroatoms. The Balaban J connectivity index is 1.73. The molecule has 3 rings (SSSR count). The zero-order valence-corrected chi connectivity index (χ0v) is 11.2. The van der Waals surface area contributed by atoms with E-state index in [1.54, 1.807) is 18.2 Å². The molecule has 3 atom stereocenters. The highest BCUT2D eigenvalue weighted by atomic mass is 16.5. The second-order valence-corrected chi connectivity index (χ2v) is 4.98. The lowest BCUT2D eigenvalue weighted by Crippen LogP contribution is -2.54. The molecule has 2 heterocycles. The van der Waals surface area contributed by atoms with E-state index in [0.717, 1.165) is 0 Å². The fourth-order valence-corrected chi connectivity index (χ4v) is 2.43. The number of aromatic amines is 1. The standard InChI is InChI=1S/C13H16N4O4/c18-6-11-12(19)9(3-4-21-11)14-13(20)7-1-2-8-10(5-7)16-17-15-8/h1-2,5,9,11-12,18-19H,3-4,6H2,(H,14,20)(H,15,16,17)/t9-,11+,12-/m0/s1. The minimum absolute atomic E-state index is 0.279. The van der Waals surface area contributed by atoms with Gasteiger partial charge in [0.2, 0.25) is 0 Å². The van der Waals surface area contributed by atoms with Crippen molar-refractivity contribution < 1.29 is 19.7 Å². The van der Waals surface area contributed by atoms with Crippen LogP contribution in [0.3, 0.4) is 0 Å². The summed E-state index contributed by atoms with van der Waals surface area (Å²) in [4.78, 5) is 12.2. The lowest BCUT2D eigenvalue weighted by molar-refractivity contribution is -0.107. The van der Waals surface area contributed by atoms with Gasteiger partial charge in [-0.15, -0.1) is 0 Å². The summed E-state index contributed by atoms with van der Waals surface area (Å²) in [5, 5.41) is 32.2. The molecule has 2 aromatic rings. The summed E-state index contributed by atoms with van der Waals surface area (Å²) in [5.41, 5.74) is 1.72. The number of ether oxygens (including phenoxy) is 1. The molecule has 1 amide bonds. The Hall–Kier alpha value is -2.03. The molecule has 1 aliphatic heterocycles. The van der Waals surface area contributed by atoms with Crippen molar-refractivity contribution in [3.05, 3.63) is 23.8 Å². The van der Waals surface area contributed by atoms with Crippen LogP contribution in [0.4, 0.5) is 0 Å². The van der Waals surface area contributed by atoms with Crippen molar-refractivity contribution in [2.24, 2.45) is 0 Å². The van der Waals surface area contributed by atoms with Gasteiger partial charge >= 0.3 is 0 Å². The number of aliphatic hydroxyl groups excluding tert-OH is 2. The van der Waals surface area contributed by atoms with Gasteiger partial charge in [0.1, 0.15) is 23.2 Å². The Bertz CT molecular complexity index is 644. The van der Waals surface area contributed by atoms with Crippen LogP contribution in [-0.2, 0) is 4.74 Å². The summed E-state index contributed by atoms with van der Waals surface area (Å²) in [5.74, 6) is -0.303. The molecule has 112 valence electrons. The first-order chi connectivity index (χ1) is 10.2. The van der Waals surface area contributed by atoms with Gasteiger partial charge < -0.3 is 20.3 Å². The lowest BCUT2D eigenvalue weighted by atomic mass is 9.99. The van der Waals surface area contributed by atoms with Crippen LogP contribution >= 0.6 is 0 Å². The number of aliphatic hydroxyl groups is 2. The van der Waals surface area contributed by atoms with Gasteiger partial charge in [0.25, 0.3) is 5.91 Å². The number of amides is 1. The fourth-order valence-electron chi connectivity index (χ4n) is 2.43. The van der Waals surface area contributed by atoms with Crippen LogP contribution in [-0.4, -0.2) is 63.0 Å². The highest BCUT2D eigenvalue weighted by molar-refractivity contribution is 5.97. The van der Waals surface area contributed by atoms with Crippen molar-refractivity contribution >= 4 is 16.9 Å². The number of hydrogen-bond acceptors (Lipinski definition) is 6. The van der Waals surface area contributed by atoms with Crippen LogP contribution in [0.15, 0.2) is 18.2 Å². The van der Waals surface area contributed by atoms with Crippen molar-refractivity contribution in [2.45, 2.75) is 24.7 Å². The molecule has 21 heavy (non-hydrogen) atoms. The molecule has 1 fully saturated rings. The highest BCUT2D eigenvalue weighted by Gasteiger charge is 2.33. The van der Waals surface area contributed by atoms with Crippen molar-refractivity contribution in [3.63, 3.8) is 0 Å². The summed E-state index contributed by atoms with van der Waals surface area (Å²) < 4.78 is 5.23. The molecule has 8 nitrogen and oxygen atoms in total. The number of H-pyrrole nitrogens is 1. The number of carbonyl (C=O) groups excluding carboxylic acids is 1. The predicted molar refractivity (Wildman–Crippen MR) is 72.6 cm³/mol. The predicted octanol–water partition coefficient (Wildman–Crippen LogP) is -0.802. The first-order valence-electron chi connectivity index (χ1n) is 6.71. The summed E-state index contributed by atoms with van der Waals surface area (Å²) in [6.45, 7) is 0.105. The summed E-state index contributed by atoms with van der Waals surface area (Å²) in [6.07, 6.45) is -1.10. The molecule has 1 saturated heterocycles. The molecule has 1 aromatic heterocycles. The molecule has 0 bridgehead atoms. The van der Waals surface area contributed by atoms with Crippen LogP contribution in [0, 0.1) is 0 Å². The second kappa shape index (κ2) is 5.76. The molecule has 0 unspecified atom stereocenters. The zero-order chi connectivity index (χ0) is 14.8. The van der Waals surface area contributed by atoms with Gasteiger partial charge in [-0.1, -0.05) is 0 Å². The van der Waals surface area contributed by atoms with Gasteiger partial charge in [-0.05, 0) is 24.6 Å². The van der Waals surface area contributed by atoms with E-state index in [1.165, 1.54) is 0 Å². The first-order valence-corrected chi connectivity index (χ1v) is 6.71. The second-order valence-electron chi connectivity index (χ2n) is 4.98. The molecule has 0 saturated carbocycles. The third kappa shape index (κ3) is 2.73. The van der Waals surface area contributed by atoms with Crippen LogP contribution in [0.25, 0.3) is 11.0 Å². The van der Waals surface area contributed by atoms with E-state index in [2.05, 4.69) is 20.7 Å². The van der Waals surface area contributed by atoms with E-state index >= 15 is 0 Å². The normalized spacial score (nSPS) is 25.9. The number of aromatic nitrogens is 3. The van der Waals surface area contributed by atoms with Crippen LogP contribution in [0.2, 0.25) is 0 Å². The third-order valence-electron chi connectivity index (χ3n) is 3.63. The maximum atomic E-state index is 12.2. The van der Waals surface area contributed by atoms with E-state index in [4.69, 9.17) is 9.84 Å². The Kier molecular flexibility index (Phi) is 3.82. The van der Waals surface area contributed by atoms with E-state index in [0.29, 0.717) is 29.6 Å². The van der Waals surface area contributed by atoms with Crippen LogP contribution in [0.5, 0.6) is 0 Å². The van der Waals surface area contributed by atoms with E-state index in [9.17, 15) is 9.90 Å². The van der Waals surface area contributed by atoms with Crippen molar-refractivity contribution in [3.8, 4) is 0 Å². The van der Waals surface area contributed by atoms with Gasteiger partial charge in [0, 0.05) is 12.2 Å². The topological polar surface area (TPSA) is 120 Å². The number of nitrogens with one attached hydrogen (secondary N) is 2. The lowest BCUT2D eigenvalue weighted by Gasteiger charge is -2.34. The van der Waals surface area contributed by atoms with E-state index in [1.807, 2.05) is 0 Å². The van der Waals surface area contributed by atoms with Gasteiger partial charge in [0.15, 0.2) is 0 Å². The Morgan fingerprint density at radius 1 is 1.43 bits per heavy atom. The summed E-state index contributed by atoms with van der Waals surface area (Å²) in [7, 11) is 0. The van der Waals surface area contributed by atoms with Crippen LogP contribution in [0.1, 0.15) is 16.8 Å². The van der Waals surface area contributed by atoms with Gasteiger partial charge in [-0.25, -0.2) is 0 Å². The van der Waals surface area contributed by atoms with E-state index in [-0.39, 0.29) is 12.5 Å². The SMILES string of the molecule is O=C(N[C@H]1CCO[C@H](CO)[C@H]1O)c1ccc2n[nH]nc2c1. The smallest absolute Gasteiger partial charge is 0.251 e. The van der Waals surface area contributed by atoms with Gasteiger partial charge in [0.05, 0.1) is 12.6 Å². The fraction of sp³-hybridized carbons (Fsp3) is 0.462. The monoisotopic (exact) mass is 292 g/mol. The van der Waals surface area contributed by atoms with Gasteiger partial charge in [-0.3, -0.25) is 4.79 Å². The molecular formula is C13H16N4O4. The Morgan fingerprint density at radius 3 is 3.05 bits per heavy atom. The molecule has 0 radical (unpaired) electrons. The number of carbonyl (C=O) groups is 1. The largest absolute Gasteiger partial charge is 0.394 e. The quantitative estimate of drug-likeness (QED) is 0.588. The summed E-state index contributed by atoms with van der Waals surface area (Å²) >= 11 is 0. The summed E-state index contributed by atoms with van der Waals surface area (Å²) in [6, 6.07) is 4.53. The Labute approximate surface area is 120 Å². The number of fused-ring (bicyclic) bond motifs is 1. The average Bonchev–Trinajstić information content (AvgIpc) is 2.96. The van der Waals surface area contributed by atoms with Crippen LogP contribution < -0.4 is 5.32 Å². The highest BCUT2D eigenvalue weighted by Crippen LogP contribution is 2.16. The molecule has 1 aliphatic rings. The van der Waals surface area contributed by atoms with E-state index < -0.39 is 18.2 Å². The van der Waals surface area contributed by atoms with Crippen molar-refractivity contribution in [2.75, 3.05) is 13.2 Å². The third-order valence-corrected chi connectivity index (χ3v) is 3.63. The van der Waals surface area contributed by atoms with Crippen molar-refractivity contribution in [1.29, 1.82) is 0 Å². The number of nitrogens with zero attached hydrogens (tertiary/aromatic N) is 2. The minimum atomic E-state index is -0.927. The minimum Gasteiger partial charge on any atom is -0.394 e. The average molecular weight is 292 g/mol. The first kappa shape index (κ1) is 13.9. The number of rotatable bonds is 3. The molecule has 0 aliphatic carbocycles. The number of benzene rings is 1. The number of hydrogen-bond donors (Lipinski definition) is 4. The Morgan fingerprint density at radius 2 is 2.24 bits per heavy atom. The molecule has 1 aromatic carbocycles.